The van der Waals surface area contributed by atoms with Gasteiger partial charge in [-0.15, -0.1) is 0 Å². The molecule has 8 heteroatoms. The third-order valence-corrected chi connectivity index (χ3v) is 7.57. The summed E-state index contributed by atoms with van der Waals surface area (Å²) in [5, 5.41) is 33.8. The van der Waals surface area contributed by atoms with Crippen LogP contribution in [-0.2, 0) is 19.1 Å². The molecule has 0 heterocycles. The number of aliphatic hydroxyl groups is 1. The number of unbranched alkanes of at least 4 members (excludes halogenated alkanes) is 22. The van der Waals surface area contributed by atoms with Crippen LogP contribution in [-0.4, -0.2) is 57.1 Å². The van der Waals surface area contributed by atoms with Crippen LogP contribution in [0.4, 0.5) is 0 Å². The number of carboxylic acids is 3. The number of aliphatic carboxylic acids is 3. The summed E-state index contributed by atoms with van der Waals surface area (Å²) in [7, 11) is 0. The Hall–Kier alpha value is -1.67. The van der Waals surface area contributed by atoms with Gasteiger partial charge >= 0.3 is 17.9 Å². The summed E-state index contributed by atoms with van der Waals surface area (Å²) in [5.74, 6) is -5.02. The Bertz CT molecular complexity index is 581. The number of carbonyl (C=O) groups is 3. The number of ether oxygens (including phenoxy) is 1. The molecule has 0 unspecified atom stereocenters. The fraction of sp³-hybridized carbons (Fsp3) is 0.912. The molecule has 4 N–H and O–H groups in total. The number of carboxylic acid groups (broad SMARTS) is 3. The molecule has 8 nitrogen and oxygen atoms in total. The monoisotopic (exact) mass is 602 g/mol. The summed E-state index contributed by atoms with van der Waals surface area (Å²) in [6.45, 7) is 6.58. The van der Waals surface area contributed by atoms with Gasteiger partial charge in [-0.2, -0.15) is 0 Å². The van der Waals surface area contributed by atoms with E-state index in [0.717, 1.165) is 13.2 Å². The molecule has 0 rings (SSSR count). The summed E-state index contributed by atoms with van der Waals surface area (Å²) >= 11 is 0. The molecule has 0 aliphatic carbocycles. The van der Waals surface area contributed by atoms with Crippen molar-refractivity contribution in [2.24, 2.45) is 0 Å². The quantitative estimate of drug-likeness (QED) is 0.0575. The van der Waals surface area contributed by atoms with E-state index in [0.29, 0.717) is 0 Å². The molecule has 0 radical (unpaired) electrons. The number of hydrogen-bond donors (Lipinski definition) is 4. The third-order valence-electron chi connectivity index (χ3n) is 7.57. The highest BCUT2D eigenvalue weighted by molar-refractivity contribution is 5.88. The highest BCUT2D eigenvalue weighted by atomic mass is 16.5. The summed E-state index contributed by atoms with van der Waals surface area (Å²) in [5.41, 5.74) is -2.74. The van der Waals surface area contributed by atoms with Crippen LogP contribution in [0.3, 0.4) is 0 Å². The van der Waals surface area contributed by atoms with Gasteiger partial charge in [0, 0.05) is 13.2 Å². The van der Waals surface area contributed by atoms with Crippen LogP contribution in [0.15, 0.2) is 0 Å². The fourth-order valence-corrected chi connectivity index (χ4v) is 4.91. The van der Waals surface area contributed by atoms with Gasteiger partial charge in [-0.3, -0.25) is 9.59 Å². The minimum atomic E-state index is -2.74. The Morgan fingerprint density at radius 3 is 0.905 bits per heavy atom. The molecule has 0 atom stereocenters. The average molecular weight is 603 g/mol. The van der Waals surface area contributed by atoms with E-state index in [1.165, 1.54) is 154 Å². The fourth-order valence-electron chi connectivity index (χ4n) is 4.91. The van der Waals surface area contributed by atoms with Gasteiger partial charge in [0.25, 0.3) is 0 Å². The van der Waals surface area contributed by atoms with Gasteiger partial charge in [-0.05, 0) is 12.8 Å². The van der Waals surface area contributed by atoms with Crippen LogP contribution in [0.5, 0.6) is 0 Å². The first-order chi connectivity index (χ1) is 20.2. The molecular weight excluding hydrogens is 536 g/mol. The summed E-state index contributed by atoms with van der Waals surface area (Å²) in [6.07, 6.45) is 31.8. The second-order valence-electron chi connectivity index (χ2n) is 11.9. The third kappa shape index (κ3) is 32.8. The predicted octanol–water partition coefficient (Wildman–Crippen LogP) is 9.16. The zero-order valence-electron chi connectivity index (χ0n) is 27.2. The maximum absolute atomic E-state index is 10.3. The van der Waals surface area contributed by atoms with Gasteiger partial charge in [-0.25, -0.2) is 4.79 Å². The van der Waals surface area contributed by atoms with Gasteiger partial charge in [0.2, 0.25) is 0 Å². The normalized spacial score (nSPS) is 11.2. The summed E-state index contributed by atoms with van der Waals surface area (Å²) in [4.78, 5) is 30.5. The Morgan fingerprint density at radius 2 is 0.690 bits per heavy atom. The first-order valence-electron chi connectivity index (χ1n) is 17.2. The van der Waals surface area contributed by atoms with E-state index in [9.17, 15) is 14.4 Å². The van der Waals surface area contributed by atoms with Crippen LogP contribution >= 0.6 is 0 Å². The molecule has 0 saturated carbocycles. The lowest BCUT2D eigenvalue weighted by molar-refractivity contribution is -0.170. The predicted molar refractivity (Wildman–Crippen MR) is 170 cm³/mol. The molecule has 0 bridgehead atoms. The minimum absolute atomic E-state index is 0.995. The lowest BCUT2D eigenvalue weighted by atomic mass is 9.96. The van der Waals surface area contributed by atoms with E-state index < -0.39 is 36.4 Å². The first kappa shape index (κ1) is 42.5. The maximum Gasteiger partial charge on any atom is 0.336 e. The Balaban J connectivity index is 0. The van der Waals surface area contributed by atoms with Crippen LogP contribution in [0.25, 0.3) is 0 Å². The Kier molecular flexibility index (Phi) is 32.6. The van der Waals surface area contributed by atoms with Crippen molar-refractivity contribution in [1.29, 1.82) is 0 Å². The van der Waals surface area contributed by atoms with Crippen molar-refractivity contribution in [1.82, 2.24) is 0 Å². The van der Waals surface area contributed by atoms with Crippen molar-refractivity contribution in [2.75, 3.05) is 13.2 Å². The van der Waals surface area contributed by atoms with Crippen LogP contribution < -0.4 is 0 Å². The van der Waals surface area contributed by atoms with Crippen molar-refractivity contribution in [3.05, 3.63) is 0 Å². The smallest absolute Gasteiger partial charge is 0.336 e. The van der Waals surface area contributed by atoms with E-state index in [4.69, 9.17) is 25.2 Å². The minimum Gasteiger partial charge on any atom is -0.481 e. The van der Waals surface area contributed by atoms with Gasteiger partial charge in [0.15, 0.2) is 5.60 Å². The zero-order chi connectivity index (χ0) is 31.7. The van der Waals surface area contributed by atoms with Crippen molar-refractivity contribution < 1.29 is 39.5 Å². The van der Waals surface area contributed by atoms with Crippen molar-refractivity contribution in [2.45, 2.75) is 186 Å². The molecule has 0 aromatic heterocycles. The van der Waals surface area contributed by atoms with Crippen molar-refractivity contribution in [3.63, 3.8) is 0 Å². The maximum atomic E-state index is 10.3. The van der Waals surface area contributed by atoms with Crippen LogP contribution in [0, 0.1) is 0 Å². The molecule has 0 amide bonds. The Labute approximate surface area is 257 Å². The van der Waals surface area contributed by atoms with Gasteiger partial charge < -0.3 is 25.2 Å². The molecule has 0 aliphatic rings. The van der Waals surface area contributed by atoms with Gasteiger partial charge in [-0.1, -0.05) is 155 Å². The zero-order valence-corrected chi connectivity index (χ0v) is 27.2. The molecule has 250 valence electrons. The second kappa shape index (κ2) is 32.2. The van der Waals surface area contributed by atoms with E-state index in [-0.39, 0.29) is 0 Å². The average Bonchev–Trinajstić information content (AvgIpc) is 2.92. The molecular formula is C34H66O8. The summed E-state index contributed by atoms with van der Waals surface area (Å²) < 4.78 is 5.82. The van der Waals surface area contributed by atoms with E-state index in [1.807, 2.05) is 0 Å². The lowest BCUT2D eigenvalue weighted by Crippen LogP contribution is -2.42. The van der Waals surface area contributed by atoms with E-state index in [1.54, 1.807) is 0 Å². The topological polar surface area (TPSA) is 141 Å². The highest BCUT2D eigenvalue weighted by Crippen LogP contribution is 2.16. The molecule has 0 saturated heterocycles. The molecule has 0 aliphatic heterocycles. The molecule has 0 fully saturated rings. The summed E-state index contributed by atoms with van der Waals surface area (Å²) in [6, 6.07) is 0. The SMILES string of the molecule is CCCCCCCCCCCCCCOCCCCCCCCCCCCCC.O=C(O)CC(O)(CC(=O)O)C(=O)O. The van der Waals surface area contributed by atoms with E-state index >= 15 is 0 Å². The van der Waals surface area contributed by atoms with Gasteiger partial charge in [0.05, 0.1) is 12.8 Å². The second-order valence-corrected chi connectivity index (χ2v) is 11.9. The van der Waals surface area contributed by atoms with Crippen LogP contribution in [0.1, 0.15) is 181 Å². The number of hydrogen-bond acceptors (Lipinski definition) is 5. The molecule has 0 aromatic carbocycles. The van der Waals surface area contributed by atoms with Crippen LogP contribution in [0.2, 0.25) is 0 Å². The van der Waals surface area contributed by atoms with Crippen molar-refractivity contribution >= 4 is 17.9 Å². The highest BCUT2D eigenvalue weighted by Gasteiger charge is 2.40. The number of rotatable bonds is 31. The largest absolute Gasteiger partial charge is 0.481 e. The molecule has 0 aromatic rings. The lowest BCUT2D eigenvalue weighted by Gasteiger charge is -2.18. The first-order valence-corrected chi connectivity index (χ1v) is 17.2. The van der Waals surface area contributed by atoms with Crippen molar-refractivity contribution in [3.8, 4) is 0 Å². The standard InChI is InChI=1S/C28H58O.C6H8O7/c1-3-5-7-9-11-13-15-17-19-21-23-25-27-29-28-26-24-22-20-18-16-14-12-10-8-6-4-2;7-3(8)1-6(13,5(11)12)2-4(9)10/h3-28H2,1-2H3;13H,1-2H2,(H,7,8)(H,9,10)(H,11,12). The van der Waals surface area contributed by atoms with E-state index in [2.05, 4.69) is 13.8 Å². The van der Waals surface area contributed by atoms with Gasteiger partial charge in [0.1, 0.15) is 0 Å². The molecule has 42 heavy (non-hydrogen) atoms. The Morgan fingerprint density at radius 1 is 0.452 bits per heavy atom. The molecule has 0 spiro atoms.